The molecular formula is C15H16ClNO4S. The second-order valence-electron chi connectivity index (χ2n) is 4.61. The summed E-state index contributed by atoms with van der Waals surface area (Å²) in [6.45, 7) is 2.73. The molecule has 1 N–H and O–H groups in total. The number of hydrogen-bond acceptors (Lipinski definition) is 4. The van der Waals surface area contributed by atoms with Crippen molar-refractivity contribution < 1.29 is 14.6 Å². The molecule has 5 nitrogen and oxygen atoms in total. The van der Waals surface area contributed by atoms with Gasteiger partial charge in [0.2, 0.25) is 0 Å². The number of ether oxygens (including phenoxy) is 1. The van der Waals surface area contributed by atoms with Crippen LogP contribution < -0.4 is 9.61 Å². The van der Waals surface area contributed by atoms with Crippen molar-refractivity contribution in [2.45, 2.75) is 26.3 Å². The Hall–Kier alpha value is -1.79. The predicted molar refractivity (Wildman–Crippen MR) is 86.5 cm³/mol. The highest BCUT2D eigenvalue weighted by Gasteiger charge is 2.18. The Bertz CT molecular complexity index is 705. The van der Waals surface area contributed by atoms with E-state index in [9.17, 15) is 9.59 Å². The average Bonchev–Trinajstić information content (AvgIpc) is 2.82. The molecule has 1 aromatic carbocycles. The molecule has 22 heavy (non-hydrogen) atoms. The molecule has 0 radical (unpaired) electrons. The normalized spacial score (nSPS) is 10.6. The summed E-state index contributed by atoms with van der Waals surface area (Å²) in [7, 11) is 0. The van der Waals surface area contributed by atoms with Crippen LogP contribution in [0, 0.1) is 0 Å². The van der Waals surface area contributed by atoms with Gasteiger partial charge in [-0.1, -0.05) is 29.9 Å². The molecule has 0 saturated heterocycles. The van der Waals surface area contributed by atoms with Crippen LogP contribution in [0.3, 0.4) is 0 Å². The van der Waals surface area contributed by atoms with E-state index in [0.29, 0.717) is 42.5 Å². The lowest BCUT2D eigenvalue weighted by atomic mass is 10.3. The van der Waals surface area contributed by atoms with Crippen LogP contribution >= 0.6 is 22.9 Å². The molecule has 2 rings (SSSR count). The number of carboxylic acid groups (broad SMARTS) is 1. The average molecular weight is 342 g/mol. The van der Waals surface area contributed by atoms with Gasteiger partial charge in [-0.25, -0.2) is 4.79 Å². The third-order valence-corrected chi connectivity index (χ3v) is 4.40. The summed E-state index contributed by atoms with van der Waals surface area (Å²) in [5.74, 6) is -0.334. The zero-order chi connectivity index (χ0) is 16.1. The summed E-state index contributed by atoms with van der Waals surface area (Å²) in [6, 6.07) is 7.04. The quantitative estimate of drug-likeness (QED) is 0.784. The number of thiazole rings is 1. The van der Waals surface area contributed by atoms with Gasteiger partial charge >= 0.3 is 10.8 Å². The van der Waals surface area contributed by atoms with Crippen LogP contribution in [0.5, 0.6) is 5.75 Å². The van der Waals surface area contributed by atoms with Crippen molar-refractivity contribution in [3.05, 3.63) is 49.5 Å². The smallest absolute Gasteiger partial charge is 0.347 e. The van der Waals surface area contributed by atoms with E-state index in [0.717, 1.165) is 11.3 Å². The van der Waals surface area contributed by atoms with Gasteiger partial charge in [-0.15, -0.1) is 0 Å². The van der Waals surface area contributed by atoms with Gasteiger partial charge in [0, 0.05) is 17.3 Å². The van der Waals surface area contributed by atoms with Crippen molar-refractivity contribution in [2.75, 3.05) is 6.61 Å². The van der Waals surface area contributed by atoms with Gasteiger partial charge in [0.05, 0.1) is 6.61 Å². The lowest BCUT2D eigenvalue weighted by molar-refractivity contribution is 0.0700. The number of aromatic nitrogens is 1. The van der Waals surface area contributed by atoms with E-state index >= 15 is 0 Å². The molecule has 7 heteroatoms. The van der Waals surface area contributed by atoms with E-state index in [1.54, 1.807) is 24.3 Å². The van der Waals surface area contributed by atoms with E-state index in [1.165, 1.54) is 4.57 Å². The first-order valence-electron chi connectivity index (χ1n) is 6.87. The minimum absolute atomic E-state index is 0.131. The van der Waals surface area contributed by atoms with Gasteiger partial charge in [-0.3, -0.25) is 4.79 Å². The Morgan fingerprint density at radius 3 is 2.64 bits per heavy atom. The number of nitrogens with zero attached hydrogens (tertiary/aromatic N) is 1. The molecule has 0 aliphatic carbocycles. The van der Waals surface area contributed by atoms with Crippen LogP contribution in [0.4, 0.5) is 0 Å². The van der Waals surface area contributed by atoms with Crippen molar-refractivity contribution in [3.8, 4) is 5.75 Å². The van der Waals surface area contributed by atoms with Crippen molar-refractivity contribution in [2.24, 2.45) is 0 Å². The van der Waals surface area contributed by atoms with Crippen molar-refractivity contribution >= 4 is 28.9 Å². The summed E-state index contributed by atoms with van der Waals surface area (Å²) in [5.41, 5.74) is 0.578. The Morgan fingerprint density at radius 1 is 1.36 bits per heavy atom. The number of carbonyl (C=O) groups is 1. The number of hydrogen-bond donors (Lipinski definition) is 1. The number of halogens is 1. The maximum absolute atomic E-state index is 11.9. The number of aromatic carboxylic acids is 1. The van der Waals surface area contributed by atoms with Crippen LogP contribution in [0.1, 0.15) is 28.7 Å². The van der Waals surface area contributed by atoms with Crippen molar-refractivity contribution in [1.29, 1.82) is 0 Å². The Morgan fingerprint density at radius 2 is 2.05 bits per heavy atom. The van der Waals surface area contributed by atoms with Crippen LogP contribution in [0.15, 0.2) is 29.1 Å². The maximum Gasteiger partial charge on any atom is 0.347 e. The first-order chi connectivity index (χ1) is 10.5. The largest absolute Gasteiger partial charge is 0.494 e. The molecule has 118 valence electrons. The molecule has 0 spiro atoms. The van der Waals surface area contributed by atoms with E-state index in [4.69, 9.17) is 21.4 Å². The fourth-order valence-electron chi connectivity index (χ4n) is 2.12. The summed E-state index contributed by atoms with van der Waals surface area (Å²) < 4.78 is 7.09. The number of rotatable bonds is 7. The van der Waals surface area contributed by atoms with Gasteiger partial charge in [0.15, 0.2) is 0 Å². The summed E-state index contributed by atoms with van der Waals surface area (Å²) in [4.78, 5) is 22.9. The third kappa shape index (κ3) is 3.90. The molecule has 0 atom stereocenters. The van der Waals surface area contributed by atoms with Gasteiger partial charge in [0.1, 0.15) is 10.6 Å². The Balaban J connectivity index is 1.96. The maximum atomic E-state index is 11.9. The first-order valence-corrected chi connectivity index (χ1v) is 8.06. The molecule has 0 aliphatic rings. The number of benzene rings is 1. The second-order valence-corrected chi connectivity index (χ2v) is 6.01. The summed E-state index contributed by atoms with van der Waals surface area (Å²) in [6.07, 6.45) is 1.13. The van der Waals surface area contributed by atoms with E-state index in [1.807, 2.05) is 6.92 Å². The molecule has 0 fully saturated rings. The van der Waals surface area contributed by atoms with E-state index in [-0.39, 0.29) is 9.75 Å². The molecule has 0 unspecified atom stereocenters. The molecule has 1 aromatic heterocycles. The van der Waals surface area contributed by atoms with Crippen LogP contribution in [0.25, 0.3) is 0 Å². The molecule has 0 saturated carbocycles. The molecule has 0 aliphatic heterocycles. The molecular weight excluding hydrogens is 326 g/mol. The monoisotopic (exact) mass is 341 g/mol. The van der Waals surface area contributed by atoms with Gasteiger partial charge in [0.25, 0.3) is 0 Å². The molecule has 2 aromatic rings. The summed E-state index contributed by atoms with van der Waals surface area (Å²) in [5, 5.41) is 9.74. The zero-order valence-electron chi connectivity index (χ0n) is 12.0. The number of carboxylic acids is 1. The lowest BCUT2D eigenvalue weighted by Gasteiger charge is -2.08. The van der Waals surface area contributed by atoms with Gasteiger partial charge < -0.3 is 14.4 Å². The minimum Gasteiger partial charge on any atom is -0.494 e. The third-order valence-electron chi connectivity index (χ3n) is 3.14. The fraction of sp³-hybridized carbons (Fsp3) is 0.333. The zero-order valence-corrected chi connectivity index (χ0v) is 13.6. The van der Waals surface area contributed by atoms with Crippen molar-refractivity contribution in [3.63, 3.8) is 0 Å². The highest BCUT2D eigenvalue weighted by atomic mass is 35.5. The van der Waals surface area contributed by atoms with E-state index < -0.39 is 5.97 Å². The van der Waals surface area contributed by atoms with E-state index in [2.05, 4.69) is 0 Å². The highest BCUT2D eigenvalue weighted by molar-refractivity contribution is 7.11. The van der Waals surface area contributed by atoms with Gasteiger partial charge in [-0.2, -0.15) is 0 Å². The van der Waals surface area contributed by atoms with Crippen LogP contribution in [0.2, 0.25) is 5.02 Å². The van der Waals surface area contributed by atoms with Crippen LogP contribution in [-0.2, 0) is 13.0 Å². The van der Waals surface area contributed by atoms with Gasteiger partial charge in [-0.05, 0) is 37.1 Å². The summed E-state index contributed by atoms with van der Waals surface area (Å²) >= 11 is 6.57. The second kappa shape index (κ2) is 7.47. The first kappa shape index (κ1) is 16.6. The lowest BCUT2D eigenvalue weighted by Crippen LogP contribution is -2.18. The van der Waals surface area contributed by atoms with Crippen molar-refractivity contribution in [1.82, 2.24) is 4.57 Å². The fourth-order valence-corrected chi connectivity index (χ4v) is 3.19. The molecule has 0 amide bonds. The van der Waals surface area contributed by atoms with Crippen LogP contribution in [-0.4, -0.2) is 22.2 Å². The Kier molecular flexibility index (Phi) is 5.63. The highest BCUT2D eigenvalue weighted by Crippen LogP contribution is 2.16. The SMILES string of the molecule is CCc1c(C(=O)O)sc(=O)n1CCCOc1ccc(Cl)cc1. The molecule has 0 bridgehead atoms. The molecule has 1 heterocycles. The standard InChI is InChI=1S/C15H16ClNO4S/c1-2-12-13(14(18)19)22-15(20)17(12)8-3-9-21-11-6-4-10(16)5-7-11/h4-7H,2-3,8-9H2,1H3,(H,18,19). The Labute approximate surface area is 136 Å². The predicted octanol–water partition coefficient (Wildman–Crippen LogP) is 3.29. The minimum atomic E-state index is -1.05. The topological polar surface area (TPSA) is 68.5 Å².